The van der Waals surface area contributed by atoms with Crippen molar-refractivity contribution in [2.75, 3.05) is 0 Å². The molecule has 0 aromatic heterocycles. The first-order valence-electron chi connectivity index (χ1n) is 10.6. The number of amides is 1. The van der Waals surface area contributed by atoms with Crippen molar-refractivity contribution in [2.24, 2.45) is 11.3 Å². The number of carbonyl (C=O) groups excluding carboxylic acids is 1. The molecule has 0 spiro atoms. The van der Waals surface area contributed by atoms with Crippen LogP contribution in [0.15, 0.2) is 29.2 Å². The predicted octanol–water partition coefficient (Wildman–Crippen LogP) is 3.78. The van der Waals surface area contributed by atoms with Gasteiger partial charge < -0.3 is 5.32 Å². The Hall–Kier alpha value is -1.40. The summed E-state index contributed by atoms with van der Waals surface area (Å²) in [6.07, 6.45) is 7.57. The average molecular weight is 407 g/mol. The number of hydrogen-bond donors (Lipinski definition) is 2. The molecule has 6 heteroatoms. The van der Waals surface area contributed by atoms with Gasteiger partial charge >= 0.3 is 0 Å². The fourth-order valence-electron chi connectivity index (χ4n) is 4.20. The molecule has 0 bridgehead atoms. The molecule has 2 aliphatic carbocycles. The van der Waals surface area contributed by atoms with Gasteiger partial charge in [0.2, 0.25) is 15.9 Å². The predicted molar refractivity (Wildman–Crippen MR) is 111 cm³/mol. The molecule has 0 radical (unpaired) electrons. The monoisotopic (exact) mass is 406 g/mol. The van der Waals surface area contributed by atoms with E-state index in [0.29, 0.717) is 23.7 Å². The number of carbonyl (C=O) groups is 1. The number of benzene rings is 1. The van der Waals surface area contributed by atoms with E-state index >= 15 is 0 Å². The highest BCUT2D eigenvalue weighted by atomic mass is 32.2. The minimum absolute atomic E-state index is 0.0910. The highest BCUT2D eigenvalue weighted by molar-refractivity contribution is 7.89. The van der Waals surface area contributed by atoms with Crippen LogP contribution in [-0.4, -0.2) is 26.4 Å². The van der Waals surface area contributed by atoms with Crippen LogP contribution in [0.2, 0.25) is 0 Å². The van der Waals surface area contributed by atoms with E-state index in [1.54, 1.807) is 12.1 Å². The van der Waals surface area contributed by atoms with Crippen LogP contribution >= 0.6 is 0 Å². The maximum atomic E-state index is 12.5. The van der Waals surface area contributed by atoms with Crippen LogP contribution in [0.4, 0.5) is 0 Å². The number of rotatable bonds is 7. The maximum Gasteiger partial charge on any atom is 0.240 e. The van der Waals surface area contributed by atoms with Gasteiger partial charge in [0, 0.05) is 18.5 Å². The van der Waals surface area contributed by atoms with Crippen molar-refractivity contribution >= 4 is 15.9 Å². The van der Waals surface area contributed by atoms with Gasteiger partial charge in [-0.05, 0) is 61.1 Å². The molecular weight excluding hydrogens is 372 g/mol. The van der Waals surface area contributed by atoms with Gasteiger partial charge in [-0.15, -0.1) is 0 Å². The fraction of sp³-hybridized carbons (Fsp3) is 0.682. The molecule has 0 aliphatic heterocycles. The molecule has 28 heavy (non-hydrogen) atoms. The first-order valence-corrected chi connectivity index (χ1v) is 12.0. The summed E-state index contributed by atoms with van der Waals surface area (Å²) in [5.74, 6) is 0.613. The van der Waals surface area contributed by atoms with Crippen molar-refractivity contribution in [3.05, 3.63) is 29.8 Å². The molecule has 3 rings (SSSR count). The molecule has 1 aromatic rings. The highest BCUT2D eigenvalue weighted by Crippen LogP contribution is 2.38. The molecule has 1 aromatic carbocycles. The van der Waals surface area contributed by atoms with Gasteiger partial charge in [-0.25, -0.2) is 13.1 Å². The van der Waals surface area contributed by atoms with Crippen molar-refractivity contribution in [1.82, 2.24) is 10.0 Å². The van der Waals surface area contributed by atoms with Gasteiger partial charge in [0.1, 0.15) is 0 Å². The summed E-state index contributed by atoms with van der Waals surface area (Å²) in [5, 5.41) is 3.27. The molecule has 2 atom stereocenters. The third kappa shape index (κ3) is 5.80. The molecule has 2 unspecified atom stereocenters. The van der Waals surface area contributed by atoms with Crippen molar-refractivity contribution in [3.8, 4) is 0 Å². The normalized spacial score (nSPS) is 23.4. The van der Waals surface area contributed by atoms with Crippen LogP contribution in [-0.2, 0) is 21.2 Å². The van der Waals surface area contributed by atoms with E-state index in [-0.39, 0.29) is 23.4 Å². The van der Waals surface area contributed by atoms with E-state index in [1.807, 2.05) is 12.1 Å². The van der Waals surface area contributed by atoms with Crippen molar-refractivity contribution < 1.29 is 13.2 Å². The molecule has 5 nitrogen and oxygen atoms in total. The Kier molecular flexibility index (Phi) is 6.50. The Morgan fingerprint density at radius 1 is 1.04 bits per heavy atom. The van der Waals surface area contributed by atoms with E-state index in [4.69, 9.17) is 0 Å². The van der Waals surface area contributed by atoms with Crippen LogP contribution in [0.1, 0.15) is 71.3 Å². The lowest BCUT2D eigenvalue weighted by atomic mass is 9.69. The highest BCUT2D eigenvalue weighted by Gasteiger charge is 2.34. The third-order valence-corrected chi connectivity index (χ3v) is 7.53. The molecule has 2 fully saturated rings. The standard InChI is InChI=1S/C22H34N2O3S/c1-22(2,3)19-6-4-5-7-20(19)23-21(25)15-10-16-8-13-18(14-9-16)28(26,27)24-17-11-12-17/h8-9,13-14,17,19-20,24H,4-7,10-12,15H2,1-3H3,(H,23,25). The number of aryl methyl sites for hydroxylation is 1. The van der Waals surface area contributed by atoms with E-state index in [9.17, 15) is 13.2 Å². The first kappa shape index (κ1) is 21.3. The largest absolute Gasteiger partial charge is 0.353 e. The van der Waals surface area contributed by atoms with E-state index in [1.165, 1.54) is 19.3 Å². The Bertz CT molecular complexity index is 777. The third-order valence-electron chi connectivity index (χ3n) is 6.00. The van der Waals surface area contributed by atoms with Crippen LogP contribution in [0, 0.1) is 11.3 Å². The van der Waals surface area contributed by atoms with Gasteiger partial charge in [-0.3, -0.25) is 4.79 Å². The summed E-state index contributed by atoms with van der Waals surface area (Å²) in [6, 6.07) is 7.26. The molecule has 0 heterocycles. The second-order valence-corrected chi connectivity index (χ2v) is 11.2. The second kappa shape index (κ2) is 8.54. The Morgan fingerprint density at radius 3 is 2.29 bits per heavy atom. The van der Waals surface area contributed by atoms with Crippen LogP contribution in [0.3, 0.4) is 0 Å². The molecule has 2 aliphatic rings. The quantitative estimate of drug-likeness (QED) is 0.723. The smallest absolute Gasteiger partial charge is 0.240 e. The van der Waals surface area contributed by atoms with E-state index in [2.05, 4.69) is 30.8 Å². The van der Waals surface area contributed by atoms with E-state index < -0.39 is 10.0 Å². The van der Waals surface area contributed by atoms with Crippen LogP contribution in [0.25, 0.3) is 0 Å². The molecule has 0 saturated heterocycles. The minimum atomic E-state index is -3.41. The number of nitrogens with one attached hydrogen (secondary N) is 2. The summed E-state index contributed by atoms with van der Waals surface area (Å²) in [5.41, 5.74) is 1.19. The SMILES string of the molecule is CC(C)(C)C1CCCCC1NC(=O)CCc1ccc(S(=O)(=O)NC2CC2)cc1. The summed E-state index contributed by atoms with van der Waals surface area (Å²) < 4.78 is 27.1. The van der Waals surface area contributed by atoms with Crippen molar-refractivity contribution in [1.29, 1.82) is 0 Å². The van der Waals surface area contributed by atoms with Crippen molar-refractivity contribution in [3.63, 3.8) is 0 Å². The zero-order valence-corrected chi connectivity index (χ0v) is 18.1. The lowest BCUT2D eigenvalue weighted by Gasteiger charge is -2.40. The second-order valence-electron chi connectivity index (χ2n) is 9.47. The summed E-state index contributed by atoms with van der Waals surface area (Å²) >= 11 is 0. The first-order chi connectivity index (χ1) is 13.1. The lowest BCUT2D eigenvalue weighted by molar-refractivity contribution is -0.122. The Morgan fingerprint density at radius 2 is 1.68 bits per heavy atom. The average Bonchev–Trinajstić information content (AvgIpc) is 3.43. The molecule has 2 saturated carbocycles. The Balaban J connectivity index is 1.51. The van der Waals surface area contributed by atoms with Crippen LogP contribution < -0.4 is 10.0 Å². The van der Waals surface area contributed by atoms with Gasteiger partial charge in [-0.1, -0.05) is 45.7 Å². The zero-order chi connectivity index (χ0) is 20.4. The van der Waals surface area contributed by atoms with Crippen molar-refractivity contribution in [2.45, 2.75) is 89.1 Å². The van der Waals surface area contributed by atoms with Gasteiger partial charge in [0.15, 0.2) is 0 Å². The maximum absolute atomic E-state index is 12.5. The van der Waals surface area contributed by atoms with Crippen LogP contribution in [0.5, 0.6) is 0 Å². The number of sulfonamides is 1. The topological polar surface area (TPSA) is 75.3 Å². The molecule has 156 valence electrons. The Labute approximate surface area is 169 Å². The van der Waals surface area contributed by atoms with Gasteiger partial charge in [0.05, 0.1) is 4.90 Å². The zero-order valence-electron chi connectivity index (χ0n) is 17.3. The summed E-state index contributed by atoms with van der Waals surface area (Å²) in [4.78, 5) is 12.8. The van der Waals surface area contributed by atoms with Gasteiger partial charge in [-0.2, -0.15) is 0 Å². The lowest BCUT2D eigenvalue weighted by Crippen LogP contribution is -2.46. The summed E-state index contributed by atoms with van der Waals surface area (Å²) in [6.45, 7) is 6.78. The van der Waals surface area contributed by atoms with E-state index in [0.717, 1.165) is 24.8 Å². The molecule has 2 N–H and O–H groups in total. The number of hydrogen-bond acceptors (Lipinski definition) is 3. The minimum Gasteiger partial charge on any atom is -0.353 e. The fourth-order valence-corrected chi connectivity index (χ4v) is 5.51. The van der Waals surface area contributed by atoms with Gasteiger partial charge in [0.25, 0.3) is 0 Å². The summed E-state index contributed by atoms with van der Waals surface area (Å²) in [7, 11) is -3.41. The molecule has 1 amide bonds. The molecular formula is C22H34N2O3S.